The second-order valence-corrected chi connectivity index (χ2v) is 8.06. The first kappa shape index (κ1) is 18.3. The minimum Gasteiger partial charge on any atom is -0.444 e. The molecule has 1 saturated carbocycles. The zero-order chi connectivity index (χ0) is 16.9. The molecule has 4 heteroatoms. The van der Waals surface area contributed by atoms with E-state index in [1.807, 2.05) is 20.8 Å². The van der Waals surface area contributed by atoms with Gasteiger partial charge in [-0.3, -0.25) is 0 Å². The summed E-state index contributed by atoms with van der Waals surface area (Å²) in [6.45, 7) is 10.5. The Morgan fingerprint density at radius 1 is 1.39 bits per heavy atom. The lowest BCUT2D eigenvalue weighted by Crippen LogP contribution is -2.41. The third-order valence-electron chi connectivity index (χ3n) is 4.93. The fraction of sp³-hybridized carbons (Fsp3) is 0.842. The van der Waals surface area contributed by atoms with Crippen LogP contribution < -0.4 is 5.32 Å². The molecule has 2 atom stereocenters. The molecule has 1 aliphatic carbocycles. The van der Waals surface area contributed by atoms with Crippen molar-refractivity contribution >= 4 is 6.09 Å². The highest BCUT2D eigenvalue weighted by atomic mass is 16.6. The van der Waals surface area contributed by atoms with Gasteiger partial charge in [0, 0.05) is 25.7 Å². The van der Waals surface area contributed by atoms with Crippen molar-refractivity contribution in [2.24, 2.45) is 5.92 Å². The Balaban J connectivity index is 1.73. The summed E-state index contributed by atoms with van der Waals surface area (Å²) in [7, 11) is 0. The van der Waals surface area contributed by atoms with Crippen LogP contribution in [0.3, 0.4) is 0 Å². The molecule has 2 unspecified atom stereocenters. The van der Waals surface area contributed by atoms with Gasteiger partial charge in [0.25, 0.3) is 0 Å². The highest BCUT2D eigenvalue weighted by Gasteiger charge is 2.24. The van der Waals surface area contributed by atoms with Gasteiger partial charge in [0.05, 0.1) is 0 Å². The fourth-order valence-electron chi connectivity index (χ4n) is 3.49. The minimum absolute atomic E-state index is 0.196. The molecule has 1 amide bonds. The van der Waals surface area contributed by atoms with Crippen molar-refractivity contribution in [3.05, 3.63) is 11.6 Å². The van der Waals surface area contributed by atoms with Crippen LogP contribution in [0.1, 0.15) is 66.2 Å². The van der Waals surface area contributed by atoms with Crippen molar-refractivity contribution in [2.75, 3.05) is 19.6 Å². The van der Waals surface area contributed by atoms with E-state index in [0.29, 0.717) is 12.6 Å². The number of carbonyl (C=O) groups excluding carboxylic acids is 1. The lowest BCUT2D eigenvalue weighted by molar-refractivity contribution is 0.0265. The van der Waals surface area contributed by atoms with Crippen molar-refractivity contribution in [3.8, 4) is 0 Å². The van der Waals surface area contributed by atoms with Crippen LogP contribution in [0.4, 0.5) is 4.79 Å². The van der Waals surface area contributed by atoms with E-state index < -0.39 is 5.60 Å². The largest absolute Gasteiger partial charge is 0.444 e. The fourth-order valence-corrected chi connectivity index (χ4v) is 3.49. The second kappa shape index (κ2) is 8.18. The minimum atomic E-state index is -0.417. The van der Waals surface area contributed by atoms with Crippen LogP contribution in [0.15, 0.2) is 11.6 Å². The normalized spacial score (nSPS) is 25.9. The molecule has 0 radical (unpaired) electrons. The van der Waals surface area contributed by atoms with E-state index in [9.17, 15) is 4.79 Å². The van der Waals surface area contributed by atoms with Crippen LogP contribution >= 0.6 is 0 Å². The molecule has 4 nitrogen and oxygen atoms in total. The van der Waals surface area contributed by atoms with Crippen LogP contribution in [0, 0.1) is 5.92 Å². The zero-order valence-electron chi connectivity index (χ0n) is 15.4. The summed E-state index contributed by atoms with van der Waals surface area (Å²) in [5.74, 6) is 0.907. The first-order valence-corrected chi connectivity index (χ1v) is 9.26. The lowest BCUT2D eigenvalue weighted by Gasteiger charge is -2.32. The monoisotopic (exact) mass is 322 g/mol. The van der Waals surface area contributed by atoms with Gasteiger partial charge in [-0.05, 0) is 46.0 Å². The van der Waals surface area contributed by atoms with E-state index >= 15 is 0 Å². The van der Waals surface area contributed by atoms with Crippen LogP contribution in [-0.4, -0.2) is 42.3 Å². The number of nitrogens with one attached hydrogen (secondary N) is 1. The van der Waals surface area contributed by atoms with E-state index in [1.54, 1.807) is 4.90 Å². The number of rotatable bonds is 4. The van der Waals surface area contributed by atoms with E-state index in [1.165, 1.54) is 37.7 Å². The highest BCUT2D eigenvalue weighted by Crippen LogP contribution is 2.26. The highest BCUT2D eigenvalue weighted by molar-refractivity contribution is 5.68. The van der Waals surface area contributed by atoms with Crippen molar-refractivity contribution in [1.29, 1.82) is 0 Å². The molecule has 1 fully saturated rings. The van der Waals surface area contributed by atoms with Gasteiger partial charge in [-0.1, -0.05) is 37.8 Å². The molecule has 0 aromatic rings. The average molecular weight is 322 g/mol. The third-order valence-corrected chi connectivity index (χ3v) is 4.93. The van der Waals surface area contributed by atoms with E-state index in [0.717, 1.165) is 25.4 Å². The quantitative estimate of drug-likeness (QED) is 0.792. The van der Waals surface area contributed by atoms with Gasteiger partial charge in [-0.15, -0.1) is 0 Å². The van der Waals surface area contributed by atoms with Crippen LogP contribution in [-0.2, 0) is 4.74 Å². The van der Waals surface area contributed by atoms with Gasteiger partial charge < -0.3 is 15.0 Å². The summed E-state index contributed by atoms with van der Waals surface area (Å²) in [6, 6.07) is 0.679. The average Bonchev–Trinajstić information content (AvgIpc) is 2.52. The van der Waals surface area contributed by atoms with Crippen molar-refractivity contribution in [2.45, 2.75) is 77.9 Å². The Hall–Kier alpha value is -1.03. The lowest BCUT2D eigenvalue weighted by atomic mass is 9.84. The molecule has 132 valence electrons. The first-order chi connectivity index (χ1) is 10.9. The third kappa shape index (κ3) is 6.17. The Bertz CT molecular complexity index is 426. The smallest absolute Gasteiger partial charge is 0.410 e. The van der Waals surface area contributed by atoms with Crippen molar-refractivity contribution in [1.82, 2.24) is 10.2 Å². The Kier molecular flexibility index (Phi) is 6.51. The van der Waals surface area contributed by atoms with E-state index in [2.05, 4.69) is 18.3 Å². The number of hydrogen-bond donors (Lipinski definition) is 1. The molecule has 0 spiro atoms. The van der Waals surface area contributed by atoms with Crippen LogP contribution in [0.2, 0.25) is 0 Å². The number of amides is 1. The summed E-state index contributed by atoms with van der Waals surface area (Å²) in [6.07, 6.45) is 9.67. The summed E-state index contributed by atoms with van der Waals surface area (Å²) < 4.78 is 5.43. The molecule has 1 N–H and O–H groups in total. The Morgan fingerprint density at radius 2 is 2.17 bits per heavy atom. The summed E-state index contributed by atoms with van der Waals surface area (Å²) in [5.41, 5.74) is 1.02. The Labute approximate surface area is 141 Å². The number of hydrogen-bond acceptors (Lipinski definition) is 3. The molecule has 2 rings (SSSR count). The molecule has 23 heavy (non-hydrogen) atoms. The predicted octanol–water partition coefficient (Wildman–Crippen LogP) is 4.11. The number of ether oxygens (including phenoxy) is 1. The molecule has 1 aliphatic heterocycles. The van der Waals surface area contributed by atoms with Crippen LogP contribution in [0.25, 0.3) is 0 Å². The van der Waals surface area contributed by atoms with Gasteiger partial charge in [0.15, 0.2) is 0 Å². The summed E-state index contributed by atoms with van der Waals surface area (Å²) >= 11 is 0. The molecule has 2 aliphatic rings. The van der Waals surface area contributed by atoms with E-state index in [-0.39, 0.29) is 6.09 Å². The van der Waals surface area contributed by atoms with Gasteiger partial charge in [0.2, 0.25) is 0 Å². The van der Waals surface area contributed by atoms with Crippen LogP contribution in [0.5, 0.6) is 0 Å². The van der Waals surface area contributed by atoms with Gasteiger partial charge in [-0.2, -0.15) is 0 Å². The molecule has 0 aromatic carbocycles. The standard InChI is InChI=1S/C19H34N2O2/c1-5-15-7-6-8-17(13-15)20-14-16-9-11-21(12-10-16)18(22)23-19(2,3)4/h9,15,17,20H,5-8,10-14H2,1-4H3. The maximum absolute atomic E-state index is 12.1. The molecule has 1 heterocycles. The summed E-state index contributed by atoms with van der Waals surface area (Å²) in [4.78, 5) is 13.8. The topological polar surface area (TPSA) is 41.6 Å². The number of nitrogens with zero attached hydrogens (tertiary/aromatic N) is 1. The van der Waals surface area contributed by atoms with Gasteiger partial charge in [-0.25, -0.2) is 4.79 Å². The summed E-state index contributed by atoms with van der Waals surface area (Å²) in [5, 5.41) is 3.73. The van der Waals surface area contributed by atoms with Crippen molar-refractivity contribution < 1.29 is 9.53 Å². The van der Waals surface area contributed by atoms with Gasteiger partial charge in [0.1, 0.15) is 5.60 Å². The SMILES string of the molecule is CCC1CCCC(NCC2=CCN(C(=O)OC(C)(C)C)CC2)C1. The number of carbonyl (C=O) groups is 1. The molecular weight excluding hydrogens is 288 g/mol. The van der Waals surface area contributed by atoms with Gasteiger partial charge >= 0.3 is 6.09 Å². The van der Waals surface area contributed by atoms with E-state index in [4.69, 9.17) is 4.74 Å². The molecule has 0 aromatic heterocycles. The molecule has 0 bridgehead atoms. The predicted molar refractivity (Wildman–Crippen MR) is 94.5 cm³/mol. The molecule has 0 saturated heterocycles. The maximum atomic E-state index is 12.1. The first-order valence-electron chi connectivity index (χ1n) is 9.26. The maximum Gasteiger partial charge on any atom is 0.410 e. The zero-order valence-corrected chi connectivity index (χ0v) is 15.4. The second-order valence-electron chi connectivity index (χ2n) is 8.06. The Morgan fingerprint density at radius 3 is 2.78 bits per heavy atom. The van der Waals surface area contributed by atoms with Crippen molar-refractivity contribution in [3.63, 3.8) is 0 Å². The molecular formula is C19H34N2O2.